The Morgan fingerprint density at radius 3 is 2.76 bits per heavy atom. The average molecular weight is 231 g/mol. The predicted octanol–water partition coefficient (Wildman–Crippen LogP) is 1.69. The summed E-state index contributed by atoms with van der Waals surface area (Å²) in [5, 5.41) is 11.6. The van der Waals surface area contributed by atoms with Crippen LogP contribution in [0.2, 0.25) is 0 Å². The molecule has 3 N–H and O–H groups in total. The van der Waals surface area contributed by atoms with Gasteiger partial charge in [-0.3, -0.25) is 10.4 Å². The Hall–Kier alpha value is -2.37. The van der Waals surface area contributed by atoms with Gasteiger partial charge in [-0.1, -0.05) is 30.3 Å². The number of rotatable bonds is 3. The zero-order chi connectivity index (χ0) is 12.1. The Balaban J connectivity index is 1.91. The van der Waals surface area contributed by atoms with Gasteiger partial charge in [-0.05, 0) is 12.5 Å². The predicted molar refractivity (Wildman–Crippen MR) is 63.4 cm³/mol. The molecule has 6 nitrogen and oxygen atoms in total. The van der Waals surface area contributed by atoms with Gasteiger partial charge in [0.05, 0.1) is 6.04 Å². The van der Waals surface area contributed by atoms with Gasteiger partial charge in [0.2, 0.25) is 5.95 Å². The lowest BCUT2D eigenvalue weighted by atomic mass is 10.1. The molecule has 88 valence electrons. The molecule has 0 radical (unpaired) electrons. The Morgan fingerprint density at radius 1 is 1.35 bits per heavy atom. The van der Waals surface area contributed by atoms with Gasteiger partial charge >= 0.3 is 6.03 Å². The van der Waals surface area contributed by atoms with Crippen molar-refractivity contribution in [3.63, 3.8) is 0 Å². The van der Waals surface area contributed by atoms with E-state index in [0.717, 1.165) is 5.56 Å². The molecule has 1 aromatic heterocycles. The summed E-state index contributed by atoms with van der Waals surface area (Å²) in [5.74, 6) is 0.253. The molecule has 2 amide bonds. The molecule has 0 aliphatic heterocycles. The van der Waals surface area contributed by atoms with E-state index in [1.54, 1.807) is 0 Å². The second-order valence-electron chi connectivity index (χ2n) is 3.55. The molecule has 0 bridgehead atoms. The molecule has 2 aromatic rings. The minimum Gasteiger partial charge on any atom is -0.331 e. The van der Waals surface area contributed by atoms with Crippen LogP contribution in [0.15, 0.2) is 36.7 Å². The number of amides is 2. The van der Waals surface area contributed by atoms with Crippen LogP contribution in [0.4, 0.5) is 10.7 Å². The van der Waals surface area contributed by atoms with Crippen LogP contribution in [0.3, 0.4) is 0 Å². The average Bonchev–Trinajstić information content (AvgIpc) is 2.82. The molecule has 0 aliphatic rings. The SMILES string of the molecule is CC(NC(=O)Nc1nc[nH]n1)c1ccccc1. The molecule has 0 saturated carbocycles. The van der Waals surface area contributed by atoms with Crippen molar-refractivity contribution in [2.45, 2.75) is 13.0 Å². The third-order valence-electron chi connectivity index (χ3n) is 2.29. The van der Waals surface area contributed by atoms with Gasteiger partial charge in [0, 0.05) is 0 Å². The van der Waals surface area contributed by atoms with Crippen LogP contribution in [-0.4, -0.2) is 21.2 Å². The van der Waals surface area contributed by atoms with Crippen molar-refractivity contribution in [3.05, 3.63) is 42.2 Å². The fourth-order valence-corrected chi connectivity index (χ4v) is 1.43. The maximum atomic E-state index is 11.6. The second-order valence-corrected chi connectivity index (χ2v) is 3.55. The van der Waals surface area contributed by atoms with Crippen molar-refractivity contribution in [2.75, 3.05) is 5.32 Å². The van der Waals surface area contributed by atoms with Crippen LogP contribution in [-0.2, 0) is 0 Å². The Morgan fingerprint density at radius 2 is 2.12 bits per heavy atom. The molecule has 1 heterocycles. The quantitative estimate of drug-likeness (QED) is 0.751. The van der Waals surface area contributed by atoms with Gasteiger partial charge in [-0.25, -0.2) is 9.78 Å². The van der Waals surface area contributed by atoms with Gasteiger partial charge in [-0.2, -0.15) is 0 Å². The van der Waals surface area contributed by atoms with E-state index in [2.05, 4.69) is 25.8 Å². The van der Waals surface area contributed by atoms with Crippen molar-refractivity contribution in [2.24, 2.45) is 0 Å². The van der Waals surface area contributed by atoms with E-state index in [0.29, 0.717) is 0 Å². The van der Waals surface area contributed by atoms with Crippen molar-refractivity contribution in [1.82, 2.24) is 20.5 Å². The number of nitrogens with zero attached hydrogens (tertiary/aromatic N) is 2. The summed E-state index contributed by atoms with van der Waals surface area (Å²) in [6.45, 7) is 1.91. The van der Waals surface area contributed by atoms with Crippen molar-refractivity contribution < 1.29 is 4.79 Å². The smallest absolute Gasteiger partial charge is 0.322 e. The summed E-state index contributed by atoms with van der Waals surface area (Å²) in [6, 6.07) is 9.30. The van der Waals surface area contributed by atoms with Crippen LogP contribution in [0.1, 0.15) is 18.5 Å². The number of hydrogen-bond acceptors (Lipinski definition) is 3. The first-order chi connectivity index (χ1) is 8.25. The number of carbonyl (C=O) groups is 1. The number of urea groups is 1. The molecule has 17 heavy (non-hydrogen) atoms. The number of aromatic amines is 1. The van der Waals surface area contributed by atoms with E-state index in [1.165, 1.54) is 6.33 Å². The molecule has 2 rings (SSSR count). The minimum absolute atomic E-state index is 0.0739. The summed E-state index contributed by atoms with van der Waals surface area (Å²) in [6.07, 6.45) is 1.40. The topological polar surface area (TPSA) is 82.7 Å². The first kappa shape index (κ1) is 11.1. The van der Waals surface area contributed by atoms with Gasteiger partial charge < -0.3 is 5.32 Å². The van der Waals surface area contributed by atoms with Crippen LogP contribution in [0, 0.1) is 0 Å². The fourth-order valence-electron chi connectivity index (χ4n) is 1.43. The summed E-state index contributed by atoms with van der Waals surface area (Å²) in [5.41, 5.74) is 1.04. The van der Waals surface area contributed by atoms with Crippen LogP contribution >= 0.6 is 0 Å². The Kier molecular flexibility index (Phi) is 3.34. The Bertz CT molecular complexity index is 468. The van der Waals surface area contributed by atoms with Crippen LogP contribution in [0.25, 0.3) is 0 Å². The van der Waals surface area contributed by atoms with Gasteiger partial charge in [-0.15, -0.1) is 5.10 Å². The molecule has 1 unspecified atom stereocenters. The van der Waals surface area contributed by atoms with Gasteiger partial charge in [0.1, 0.15) is 6.33 Å². The molecule has 0 spiro atoms. The monoisotopic (exact) mass is 231 g/mol. The Labute approximate surface area is 98.5 Å². The largest absolute Gasteiger partial charge is 0.331 e. The molecular formula is C11H13N5O. The number of benzene rings is 1. The minimum atomic E-state index is -0.332. The summed E-state index contributed by atoms with van der Waals surface area (Å²) < 4.78 is 0. The first-order valence-electron chi connectivity index (χ1n) is 5.24. The number of nitrogens with one attached hydrogen (secondary N) is 3. The van der Waals surface area contributed by atoms with Crippen LogP contribution < -0.4 is 10.6 Å². The molecule has 0 fully saturated rings. The first-order valence-corrected chi connectivity index (χ1v) is 5.24. The van der Waals surface area contributed by atoms with Gasteiger partial charge in [0.15, 0.2) is 0 Å². The van der Waals surface area contributed by atoms with Gasteiger partial charge in [0.25, 0.3) is 0 Å². The van der Waals surface area contributed by atoms with Crippen LogP contribution in [0.5, 0.6) is 0 Å². The van der Waals surface area contributed by atoms with E-state index in [9.17, 15) is 4.79 Å². The second kappa shape index (κ2) is 5.11. The highest BCUT2D eigenvalue weighted by molar-refractivity contribution is 5.87. The summed E-state index contributed by atoms with van der Waals surface area (Å²) in [4.78, 5) is 15.4. The lowest BCUT2D eigenvalue weighted by molar-refractivity contribution is 0.249. The molecule has 1 atom stereocenters. The zero-order valence-electron chi connectivity index (χ0n) is 9.34. The normalized spacial score (nSPS) is 11.8. The maximum Gasteiger partial charge on any atom is 0.322 e. The van der Waals surface area contributed by atoms with E-state index in [4.69, 9.17) is 0 Å². The molecular weight excluding hydrogens is 218 g/mol. The van der Waals surface area contributed by atoms with Crippen molar-refractivity contribution in [1.29, 1.82) is 0 Å². The summed E-state index contributed by atoms with van der Waals surface area (Å²) in [7, 11) is 0. The molecule has 1 aromatic carbocycles. The van der Waals surface area contributed by atoms with E-state index in [1.807, 2.05) is 37.3 Å². The molecule has 6 heteroatoms. The van der Waals surface area contributed by atoms with E-state index in [-0.39, 0.29) is 18.0 Å². The van der Waals surface area contributed by atoms with Crippen molar-refractivity contribution >= 4 is 12.0 Å². The zero-order valence-corrected chi connectivity index (χ0v) is 9.34. The van der Waals surface area contributed by atoms with E-state index >= 15 is 0 Å². The molecule has 0 saturated heterocycles. The number of hydrogen-bond donors (Lipinski definition) is 3. The lowest BCUT2D eigenvalue weighted by Gasteiger charge is -2.13. The fraction of sp³-hybridized carbons (Fsp3) is 0.182. The van der Waals surface area contributed by atoms with Crippen molar-refractivity contribution in [3.8, 4) is 0 Å². The highest BCUT2D eigenvalue weighted by Crippen LogP contribution is 2.10. The number of carbonyl (C=O) groups excluding carboxylic acids is 1. The van der Waals surface area contributed by atoms with E-state index < -0.39 is 0 Å². The highest BCUT2D eigenvalue weighted by atomic mass is 16.2. The summed E-state index contributed by atoms with van der Waals surface area (Å²) >= 11 is 0. The number of H-pyrrole nitrogens is 1. The third kappa shape index (κ3) is 3.04. The highest BCUT2D eigenvalue weighted by Gasteiger charge is 2.09. The standard InChI is InChI=1S/C11H13N5O/c1-8(9-5-3-2-4-6-9)14-11(17)15-10-12-7-13-16-10/h2-8H,1H3,(H3,12,13,14,15,16,17). The third-order valence-corrected chi connectivity index (χ3v) is 2.29. The molecule has 0 aliphatic carbocycles. The number of aromatic nitrogens is 3. The lowest BCUT2D eigenvalue weighted by Crippen LogP contribution is -2.31. The maximum absolute atomic E-state index is 11.6. The number of anilines is 1.